The Morgan fingerprint density at radius 1 is 0.906 bits per heavy atom. The van der Waals surface area contributed by atoms with Gasteiger partial charge in [-0.1, -0.05) is 53.1 Å². The summed E-state index contributed by atoms with van der Waals surface area (Å²) in [4.78, 5) is 27.0. The zero-order valence-electron chi connectivity index (χ0n) is 16.0. The standard InChI is InChI=1S/C22H12Cl3N3O2S2/c23-13-3-6-15(7-4-13)28-20(30)16(19(29)26-22(28)32)10-12-2-1-9-27(21(12)31)18-8-5-14(24)11-17(18)25/h1-11H,(H,26,29,32). The smallest absolute Gasteiger partial charge is 0.270 e. The number of carbonyl (C=O) groups is 2. The second-order valence-corrected chi connectivity index (χ2v) is 8.72. The monoisotopic (exact) mass is 519 g/mol. The van der Waals surface area contributed by atoms with E-state index in [1.54, 1.807) is 65.4 Å². The van der Waals surface area contributed by atoms with Gasteiger partial charge in [-0.2, -0.15) is 0 Å². The molecule has 2 aromatic carbocycles. The average Bonchev–Trinajstić information content (AvgIpc) is 2.74. The van der Waals surface area contributed by atoms with Crippen molar-refractivity contribution >= 4 is 87.9 Å². The number of carbonyl (C=O) groups excluding carboxylic acids is 2. The number of nitrogens with one attached hydrogen (secondary N) is 1. The van der Waals surface area contributed by atoms with Crippen molar-refractivity contribution in [3.05, 3.63) is 91.6 Å². The zero-order chi connectivity index (χ0) is 23.0. The lowest BCUT2D eigenvalue weighted by molar-refractivity contribution is -0.122. The van der Waals surface area contributed by atoms with E-state index in [1.165, 1.54) is 11.0 Å². The third-order valence-corrected chi connectivity index (χ3v) is 6.14. The summed E-state index contributed by atoms with van der Waals surface area (Å²) in [5.41, 5.74) is 1.46. The van der Waals surface area contributed by atoms with Crippen molar-refractivity contribution in [2.24, 2.45) is 0 Å². The molecule has 1 aromatic heterocycles. The molecule has 5 nitrogen and oxygen atoms in total. The molecular weight excluding hydrogens is 509 g/mol. The Morgan fingerprint density at radius 2 is 1.59 bits per heavy atom. The van der Waals surface area contributed by atoms with Gasteiger partial charge in [0.1, 0.15) is 10.2 Å². The molecule has 0 spiro atoms. The number of amides is 2. The Balaban J connectivity index is 1.78. The molecule has 0 radical (unpaired) electrons. The number of rotatable bonds is 3. The van der Waals surface area contributed by atoms with Gasteiger partial charge in [-0.25, -0.2) is 0 Å². The Hall–Kier alpha value is -2.55. The largest absolute Gasteiger partial charge is 0.306 e. The van der Waals surface area contributed by atoms with Crippen LogP contribution in [0.3, 0.4) is 0 Å². The zero-order valence-corrected chi connectivity index (χ0v) is 19.9. The fourth-order valence-corrected chi connectivity index (χ4v) is 4.32. The number of halogens is 3. The van der Waals surface area contributed by atoms with Gasteiger partial charge in [-0.15, -0.1) is 0 Å². The highest BCUT2D eigenvalue weighted by Gasteiger charge is 2.34. The lowest BCUT2D eigenvalue weighted by Gasteiger charge is -2.29. The van der Waals surface area contributed by atoms with Crippen molar-refractivity contribution in [2.75, 3.05) is 4.90 Å². The lowest BCUT2D eigenvalue weighted by atomic mass is 10.1. The number of hydrogen-bond acceptors (Lipinski definition) is 4. The van der Waals surface area contributed by atoms with Crippen molar-refractivity contribution in [3.8, 4) is 5.69 Å². The van der Waals surface area contributed by atoms with E-state index in [9.17, 15) is 9.59 Å². The van der Waals surface area contributed by atoms with Gasteiger partial charge >= 0.3 is 0 Å². The fraction of sp³-hybridized carbons (Fsp3) is 0. The summed E-state index contributed by atoms with van der Waals surface area (Å²) in [6.07, 6.45) is 3.17. The number of anilines is 1. The van der Waals surface area contributed by atoms with Gasteiger partial charge in [-0.05, 0) is 66.8 Å². The number of benzene rings is 2. The summed E-state index contributed by atoms with van der Waals surface area (Å²) < 4.78 is 2.03. The van der Waals surface area contributed by atoms with Crippen LogP contribution in [-0.2, 0) is 9.59 Å². The lowest BCUT2D eigenvalue weighted by Crippen LogP contribution is -2.54. The second-order valence-electron chi connectivity index (χ2n) is 6.67. The second kappa shape index (κ2) is 9.13. The molecule has 2 heterocycles. The van der Waals surface area contributed by atoms with Crippen LogP contribution in [0.15, 0.2) is 66.4 Å². The summed E-state index contributed by atoms with van der Waals surface area (Å²) in [6.45, 7) is 0. The van der Waals surface area contributed by atoms with Crippen molar-refractivity contribution in [2.45, 2.75) is 0 Å². The average molecular weight is 521 g/mol. The molecule has 1 aliphatic heterocycles. The highest BCUT2D eigenvalue weighted by Crippen LogP contribution is 2.27. The molecule has 0 aliphatic carbocycles. The van der Waals surface area contributed by atoms with E-state index in [0.717, 1.165) is 0 Å². The first-order valence-corrected chi connectivity index (χ1v) is 11.1. The van der Waals surface area contributed by atoms with Crippen LogP contribution in [-0.4, -0.2) is 21.5 Å². The molecule has 0 saturated carbocycles. The summed E-state index contributed by atoms with van der Waals surface area (Å²) >= 11 is 29.1. The molecule has 1 saturated heterocycles. The molecule has 0 unspecified atom stereocenters. The Bertz CT molecular complexity index is 1370. The van der Waals surface area contributed by atoms with E-state index in [1.807, 2.05) is 0 Å². The fourth-order valence-electron chi connectivity index (χ4n) is 3.12. The van der Waals surface area contributed by atoms with E-state index < -0.39 is 11.8 Å². The van der Waals surface area contributed by atoms with E-state index >= 15 is 0 Å². The number of nitrogens with zero attached hydrogens (tertiary/aromatic N) is 2. The van der Waals surface area contributed by atoms with Gasteiger partial charge in [0.2, 0.25) is 0 Å². The molecule has 32 heavy (non-hydrogen) atoms. The molecule has 1 fully saturated rings. The van der Waals surface area contributed by atoms with Crippen LogP contribution in [0, 0.1) is 4.64 Å². The number of aromatic nitrogens is 1. The minimum absolute atomic E-state index is 0.0193. The van der Waals surface area contributed by atoms with E-state index in [4.69, 9.17) is 59.2 Å². The van der Waals surface area contributed by atoms with Crippen molar-refractivity contribution in [1.82, 2.24) is 9.88 Å². The maximum atomic E-state index is 13.2. The summed E-state index contributed by atoms with van der Waals surface area (Å²) in [7, 11) is 0. The summed E-state index contributed by atoms with van der Waals surface area (Å²) in [5, 5.41) is 3.93. The highest BCUT2D eigenvalue weighted by molar-refractivity contribution is 7.80. The number of pyridine rings is 1. The molecule has 160 valence electrons. The van der Waals surface area contributed by atoms with E-state index in [2.05, 4.69) is 5.32 Å². The minimum atomic E-state index is -0.612. The van der Waals surface area contributed by atoms with Gasteiger partial charge in [0.25, 0.3) is 11.8 Å². The van der Waals surface area contributed by atoms with Gasteiger partial charge in [-0.3, -0.25) is 19.8 Å². The first-order chi connectivity index (χ1) is 15.3. The first-order valence-electron chi connectivity index (χ1n) is 9.10. The maximum Gasteiger partial charge on any atom is 0.270 e. The van der Waals surface area contributed by atoms with Gasteiger partial charge in [0.15, 0.2) is 5.11 Å². The van der Waals surface area contributed by atoms with Crippen LogP contribution in [0.5, 0.6) is 0 Å². The molecule has 2 amide bonds. The van der Waals surface area contributed by atoms with Crippen molar-refractivity contribution in [1.29, 1.82) is 0 Å². The third kappa shape index (κ3) is 4.35. The highest BCUT2D eigenvalue weighted by atomic mass is 35.5. The van der Waals surface area contributed by atoms with E-state index in [-0.39, 0.29) is 10.7 Å². The van der Waals surface area contributed by atoms with Crippen LogP contribution in [0.1, 0.15) is 5.56 Å². The molecule has 3 aromatic rings. The van der Waals surface area contributed by atoms with Crippen molar-refractivity contribution in [3.63, 3.8) is 0 Å². The normalized spacial score (nSPS) is 15.3. The Morgan fingerprint density at radius 3 is 2.28 bits per heavy atom. The van der Waals surface area contributed by atoms with Gasteiger partial charge in [0.05, 0.1) is 16.4 Å². The van der Waals surface area contributed by atoms with Crippen molar-refractivity contribution < 1.29 is 9.59 Å². The van der Waals surface area contributed by atoms with Crippen LogP contribution in [0.2, 0.25) is 15.1 Å². The van der Waals surface area contributed by atoms with Crippen LogP contribution >= 0.6 is 59.2 Å². The SMILES string of the molecule is O=C1NC(=S)N(c2ccc(Cl)cc2)C(=O)C1=Cc1cccn(-c2ccc(Cl)cc2Cl)c1=S. The Kier molecular flexibility index (Phi) is 6.46. The van der Waals surface area contributed by atoms with E-state index in [0.29, 0.717) is 36.6 Å². The first kappa shape index (κ1) is 22.6. The topological polar surface area (TPSA) is 54.3 Å². The molecule has 10 heteroatoms. The van der Waals surface area contributed by atoms with Gasteiger partial charge in [0, 0.05) is 21.8 Å². The summed E-state index contributed by atoms with van der Waals surface area (Å²) in [5.74, 6) is -1.19. The predicted octanol–water partition coefficient (Wildman–Crippen LogP) is 6.00. The van der Waals surface area contributed by atoms with Crippen LogP contribution in [0.25, 0.3) is 11.8 Å². The molecular formula is C22H12Cl3N3O2S2. The molecule has 1 aliphatic rings. The van der Waals surface area contributed by atoms with Gasteiger partial charge < -0.3 is 4.57 Å². The summed E-state index contributed by atoms with van der Waals surface area (Å²) in [6, 6.07) is 15.0. The molecule has 0 bridgehead atoms. The Labute approximate surface area is 208 Å². The predicted molar refractivity (Wildman–Crippen MR) is 134 cm³/mol. The quantitative estimate of drug-likeness (QED) is 0.261. The number of thiocarbonyl (C=S) groups is 1. The molecule has 4 rings (SSSR count). The van der Waals surface area contributed by atoms with Crippen LogP contribution in [0.4, 0.5) is 5.69 Å². The minimum Gasteiger partial charge on any atom is -0.306 e. The molecule has 1 N–H and O–H groups in total. The number of hydrogen-bond donors (Lipinski definition) is 1. The molecule has 0 atom stereocenters. The van der Waals surface area contributed by atoms with Crippen LogP contribution < -0.4 is 10.2 Å². The maximum absolute atomic E-state index is 13.2. The third-order valence-electron chi connectivity index (χ3n) is 4.63.